The van der Waals surface area contributed by atoms with E-state index in [2.05, 4.69) is 49.3 Å². The Balaban J connectivity index is 2.14. The molecular weight excluding hydrogens is 196 g/mol. The number of nitrogens with zero attached hydrogens (tertiary/aromatic N) is 1. The van der Waals surface area contributed by atoms with Crippen LogP contribution in [0.15, 0.2) is 36.5 Å². The smallest absolute Gasteiger partial charge is 0.0441 e. The maximum Gasteiger partial charge on any atom is 0.0441 e. The SMILES string of the molecule is CC(C)(C)NCCC=CCc1ccccn1. The monoisotopic (exact) mass is 218 g/mol. The predicted molar refractivity (Wildman–Crippen MR) is 69.5 cm³/mol. The molecule has 0 atom stereocenters. The normalized spacial score (nSPS) is 12.2. The average molecular weight is 218 g/mol. The van der Waals surface area contributed by atoms with Gasteiger partial charge in [-0.3, -0.25) is 4.98 Å². The summed E-state index contributed by atoms with van der Waals surface area (Å²) in [6.45, 7) is 7.59. The summed E-state index contributed by atoms with van der Waals surface area (Å²) >= 11 is 0. The van der Waals surface area contributed by atoms with Gasteiger partial charge in [-0.15, -0.1) is 0 Å². The highest BCUT2D eigenvalue weighted by atomic mass is 14.9. The summed E-state index contributed by atoms with van der Waals surface area (Å²) in [6.07, 6.45) is 8.24. The predicted octanol–water partition coefficient (Wildman–Crippen LogP) is 2.96. The second-order valence-electron chi connectivity index (χ2n) is 4.96. The number of nitrogens with one attached hydrogen (secondary N) is 1. The third kappa shape index (κ3) is 6.36. The van der Waals surface area contributed by atoms with Gasteiger partial charge in [-0.05, 0) is 45.9 Å². The molecule has 0 amide bonds. The highest BCUT2D eigenvalue weighted by molar-refractivity contribution is 5.07. The minimum absolute atomic E-state index is 0.217. The minimum atomic E-state index is 0.217. The molecule has 0 radical (unpaired) electrons. The van der Waals surface area contributed by atoms with Crippen LogP contribution in [-0.4, -0.2) is 17.1 Å². The second kappa shape index (κ2) is 6.44. The molecule has 1 N–H and O–H groups in total. The number of aromatic nitrogens is 1. The number of pyridine rings is 1. The quantitative estimate of drug-likeness (QED) is 0.607. The molecule has 0 saturated heterocycles. The zero-order valence-electron chi connectivity index (χ0n) is 10.5. The lowest BCUT2D eigenvalue weighted by molar-refractivity contribution is 0.431. The lowest BCUT2D eigenvalue weighted by Gasteiger charge is -2.19. The van der Waals surface area contributed by atoms with Gasteiger partial charge in [-0.25, -0.2) is 0 Å². The highest BCUT2D eigenvalue weighted by Crippen LogP contribution is 1.99. The number of hydrogen-bond acceptors (Lipinski definition) is 2. The van der Waals surface area contributed by atoms with E-state index in [0.717, 1.165) is 25.1 Å². The van der Waals surface area contributed by atoms with E-state index in [1.54, 1.807) is 0 Å². The van der Waals surface area contributed by atoms with Crippen molar-refractivity contribution < 1.29 is 0 Å². The molecule has 1 aromatic rings. The molecule has 2 nitrogen and oxygen atoms in total. The molecule has 2 heteroatoms. The molecule has 0 fully saturated rings. The van der Waals surface area contributed by atoms with E-state index in [4.69, 9.17) is 0 Å². The Bertz CT molecular complexity index is 309. The lowest BCUT2D eigenvalue weighted by Crippen LogP contribution is -2.36. The molecule has 0 aromatic carbocycles. The van der Waals surface area contributed by atoms with Gasteiger partial charge >= 0.3 is 0 Å². The van der Waals surface area contributed by atoms with Gasteiger partial charge < -0.3 is 5.32 Å². The van der Waals surface area contributed by atoms with Crippen molar-refractivity contribution in [2.24, 2.45) is 0 Å². The van der Waals surface area contributed by atoms with E-state index >= 15 is 0 Å². The van der Waals surface area contributed by atoms with E-state index in [-0.39, 0.29) is 5.54 Å². The van der Waals surface area contributed by atoms with Gasteiger partial charge in [0, 0.05) is 23.9 Å². The fourth-order valence-electron chi connectivity index (χ4n) is 1.37. The Hall–Kier alpha value is -1.15. The molecule has 88 valence electrons. The number of allylic oxidation sites excluding steroid dienone is 1. The van der Waals surface area contributed by atoms with E-state index in [1.165, 1.54) is 0 Å². The van der Waals surface area contributed by atoms with Gasteiger partial charge in [0.2, 0.25) is 0 Å². The van der Waals surface area contributed by atoms with Crippen molar-refractivity contribution in [2.45, 2.75) is 39.2 Å². The second-order valence-corrected chi connectivity index (χ2v) is 4.96. The van der Waals surface area contributed by atoms with Crippen LogP contribution >= 0.6 is 0 Å². The van der Waals surface area contributed by atoms with Crippen LogP contribution in [-0.2, 0) is 6.42 Å². The van der Waals surface area contributed by atoms with Crippen LogP contribution in [0.2, 0.25) is 0 Å². The molecule has 16 heavy (non-hydrogen) atoms. The van der Waals surface area contributed by atoms with Crippen LogP contribution in [0.25, 0.3) is 0 Å². The molecular formula is C14H22N2. The Labute approximate surface area is 98.8 Å². The molecule has 0 spiro atoms. The van der Waals surface area contributed by atoms with Gasteiger partial charge in [0.25, 0.3) is 0 Å². The van der Waals surface area contributed by atoms with Crippen molar-refractivity contribution in [2.75, 3.05) is 6.54 Å². The van der Waals surface area contributed by atoms with Crippen LogP contribution in [0, 0.1) is 0 Å². The van der Waals surface area contributed by atoms with E-state index in [0.29, 0.717) is 0 Å². The van der Waals surface area contributed by atoms with Crippen molar-refractivity contribution in [3.63, 3.8) is 0 Å². The Kier molecular flexibility index (Phi) is 5.20. The fourth-order valence-corrected chi connectivity index (χ4v) is 1.37. The maximum atomic E-state index is 4.27. The number of rotatable bonds is 5. The molecule has 0 aliphatic carbocycles. The molecule has 0 unspecified atom stereocenters. The van der Waals surface area contributed by atoms with Crippen molar-refractivity contribution in [1.82, 2.24) is 10.3 Å². The molecule has 0 saturated carbocycles. The standard InChI is InChI=1S/C14H22N2/c1-14(2,3)16-12-7-4-5-9-13-10-6-8-11-15-13/h4-6,8,10-11,16H,7,9,12H2,1-3H3. The van der Waals surface area contributed by atoms with Crippen LogP contribution in [0.3, 0.4) is 0 Å². The third-order valence-corrected chi connectivity index (χ3v) is 2.19. The molecule has 0 aliphatic rings. The van der Waals surface area contributed by atoms with E-state index < -0.39 is 0 Å². The van der Waals surface area contributed by atoms with Crippen LogP contribution in [0.5, 0.6) is 0 Å². The third-order valence-electron chi connectivity index (χ3n) is 2.19. The zero-order valence-corrected chi connectivity index (χ0v) is 10.5. The van der Waals surface area contributed by atoms with Gasteiger partial charge in [-0.1, -0.05) is 18.2 Å². The van der Waals surface area contributed by atoms with Gasteiger partial charge in [-0.2, -0.15) is 0 Å². The van der Waals surface area contributed by atoms with Crippen LogP contribution < -0.4 is 5.32 Å². The van der Waals surface area contributed by atoms with Gasteiger partial charge in [0.15, 0.2) is 0 Å². The largest absolute Gasteiger partial charge is 0.312 e. The summed E-state index contributed by atoms with van der Waals surface area (Å²) in [5.74, 6) is 0. The van der Waals surface area contributed by atoms with Crippen molar-refractivity contribution in [3.05, 3.63) is 42.2 Å². The van der Waals surface area contributed by atoms with Crippen LogP contribution in [0.4, 0.5) is 0 Å². The first kappa shape index (κ1) is 12.9. The first-order valence-electron chi connectivity index (χ1n) is 5.88. The molecule has 1 heterocycles. The summed E-state index contributed by atoms with van der Waals surface area (Å²) in [6, 6.07) is 6.02. The van der Waals surface area contributed by atoms with Crippen molar-refractivity contribution >= 4 is 0 Å². The molecule has 0 bridgehead atoms. The van der Waals surface area contributed by atoms with E-state index in [1.807, 2.05) is 18.3 Å². The highest BCUT2D eigenvalue weighted by Gasteiger charge is 2.05. The van der Waals surface area contributed by atoms with Gasteiger partial charge in [0.1, 0.15) is 0 Å². The van der Waals surface area contributed by atoms with Gasteiger partial charge in [0.05, 0.1) is 0 Å². The average Bonchev–Trinajstić information content (AvgIpc) is 2.23. The maximum absolute atomic E-state index is 4.27. The first-order valence-corrected chi connectivity index (χ1v) is 5.88. The molecule has 0 aliphatic heterocycles. The number of hydrogen-bond donors (Lipinski definition) is 1. The molecule has 1 aromatic heterocycles. The minimum Gasteiger partial charge on any atom is -0.312 e. The van der Waals surface area contributed by atoms with Crippen molar-refractivity contribution in [3.8, 4) is 0 Å². The fraction of sp³-hybridized carbons (Fsp3) is 0.500. The summed E-state index contributed by atoms with van der Waals surface area (Å²) in [5.41, 5.74) is 1.34. The summed E-state index contributed by atoms with van der Waals surface area (Å²) in [7, 11) is 0. The summed E-state index contributed by atoms with van der Waals surface area (Å²) < 4.78 is 0. The summed E-state index contributed by atoms with van der Waals surface area (Å²) in [4.78, 5) is 4.27. The Morgan fingerprint density at radius 2 is 2.06 bits per heavy atom. The zero-order chi connectivity index (χ0) is 11.9. The Morgan fingerprint density at radius 1 is 1.25 bits per heavy atom. The lowest BCUT2D eigenvalue weighted by atomic mass is 10.1. The van der Waals surface area contributed by atoms with Crippen molar-refractivity contribution in [1.29, 1.82) is 0 Å². The summed E-state index contributed by atoms with van der Waals surface area (Å²) in [5, 5.41) is 3.45. The Morgan fingerprint density at radius 3 is 2.69 bits per heavy atom. The topological polar surface area (TPSA) is 24.9 Å². The molecule has 1 rings (SSSR count). The van der Waals surface area contributed by atoms with Crippen LogP contribution in [0.1, 0.15) is 32.9 Å². The first-order chi connectivity index (χ1) is 7.58. The van der Waals surface area contributed by atoms with E-state index in [9.17, 15) is 0 Å².